The normalized spacial score (nSPS) is 11.6. The van der Waals surface area contributed by atoms with Crippen LogP contribution in [0.25, 0.3) is 0 Å². The molecule has 0 aliphatic heterocycles. The molecule has 3 nitrogen and oxygen atoms in total. The first-order chi connectivity index (χ1) is 7.79. The summed E-state index contributed by atoms with van der Waals surface area (Å²) in [5.41, 5.74) is 2.05. The Balaban J connectivity index is 2.66. The third kappa shape index (κ3) is 4.88. The van der Waals surface area contributed by atoms with Crippen molar-refractivity contribution < 1.29 is 4.79 Å². The minimum Gasteiger partial charge on any atom is -0.325 e. The summed E-state index contributed by atoms with van der Waals surface area (Å²) >= 11 is 3.33. The zero-order valence-electron chi connectivity index (χ0n) is 10.7. The molecule has 0 saturated heterocycles. The number of rotatable bonds is 4. The van der Waals surface area contributed by atoms with Crippen LogP contribution in [-0.4, -0.2) is 29.2 Å². The van der Waals surface area contributed by atoms with Crippen LogP contribution in [0, 0.1) is 0 Å². The smallest absolute Gasteiger partial charge is 0.240 e. The van der Waals surface area contributed by atoms with Crippen LogP contribution in [0.15, 0.2) is 24.3 Å². The fourth-order valence-electron chi connectivity index (χ4n) is 1.34. The van der Waals surface area contributed by atoms with Crippen molar-refractivity contribution in [1.82, 2.24) is 4.90 Å². The molecule has 4 heteroatoms. The highest BCUT2D eigenvalue weighted by atomic mass is 79.9. The Kier molecular flexibility index (Phi) is 4.71. The minimum atomic E-state index is -0.546. The summed E-state index contributed by atoms with van der Waals surface area (Å²) in [4.78, 5) is 13.8. The maximum absolute atomic E-state index is 11.7. The van der Waals surface area contributed by atoms with E-state index in [-0.39, 0.29) is 5.91 Å². The number of nitrogens with zero attached hydrogens (tertiary/aromatic N) is 1. The fraction of sp³-hybridized carbons (Fsp3) is 0.462. The molecule has 0 unspecified atom stereocenters. The first-order valence-electron chi connectivity index (χ1n) is 5.53. The zero-order chi connectivity index (χ0) is 13.1. The lowest BCUT2D eigenvalue weighted by molar-refractivity contribution is -0.117. The van der Waals surface area contributed by atoms with E-state index in [0.717, 1.165) is 12.2 Å². The van der Waals surface area contributed by atoms with Gasteiger partial charge in [0.1, 0.15) is 0 Å². The Morgan fingerprint density at radius 3 is 2.24 bits per heavy atom. The predicted octanol–water partition coefficient (Wildman–Crippen LogP) is 2.86. The van der Waals surface area contributed by atoms with E-state index >= 15 is 0 Å². The SMILES string of the molecule is CN(C)Cc1ccc(NC(=O)C(C)(C)Br)cc1. The average Bonchev–Trinajstić information content (AvgIpc) is 2.18. The van der Waals surface area contributed by atoms with Crippen molar-refractivity contribution >= 4 is 27.5 Å². The minimum absolute atomic E-state index is 0.0436. The summed E-state index contributed by atoms with van der Waals surface area (Å²) in [6.07, 6.45) is 0. The van der Waals surface area contributed by atoms with E-state index in [4.69, 9.17) is 0 Å². The van der Waals surface area contributed by atoms with Crippen molar-refractivity contribution in [2.45, 2.75) is 24.7 Å². The lowest BCUT2D eigenvalue weighted by atomic mass is 10.1. The summed E-state index contributed by atoms with van der Waals surface area (Å²) < 4.78 is -0.546. The molecule has 0 fully saturated rings. The lowest BCUT2D eigenvalue weighted by Gasteiger charge is -2.16. The molecule has 1 rings (SSSR count). The predicted molar refractivity (Wildman–Crippen MR) is 75.5 cm³/mol. The standard InChI is InChI=1S/C13H19BrN2O/c1-13(2,14)12(17)15-11-7-5-10(6-8-11)9-16(3)4/h5-8H,9H2,1-4H3,(H,15,17). The number of alkyl halides is 1. The summed E-state index contributed by atoms with van der Waals surface area (Å²) in [5, 5.41) is 2.86. The molecule has 17 heavy (non-hydrogen) atoms. The summed E-state index contributed by atoms with van der Waals surface area (Å²) in [6.45, 7) is 4.55. The molecule has 0 saturated carbocycles. The van der Waals surface area contributed by atoms with E-state index in [0.29, 0.717) is 0 Å². The Bertz CT molecular complexity index is 379. The van der Waals surface area contributed by atoms with Gasteiger partial charge < -0.3 is 10.2 Å². The number of carbonyl (C=O) groups is 1. The lowest BCUT2D eigenvalue weighted by Crippen LogP contribution is -2.30. The highest BCUT2D eigenvalue weighted by Crippen LogP contribution is 2.19. The highest BCUT2D eigenvalue weighted by Gasteiger charge is 2.23. The third-order valence-electron chi connectivity index (χ3n) is 2.25. The summed E-state index contributed by atoms with van der Waals surface area (Å²) in [6, 6.07) is 7.90. The van der Waals surface area contributed by atoms with Gasteiger partial charge in [0.2, 0.25) is 5.91 Å². The van der Waals surface area contributed by atoms with Crippen molar-refractivity contribution in [3.8, 4) is 0 Å². The largest absolute Gasteiger partial charge is 0.325 e. The Hall–Kier alpha value is -0.870. The Labute approximate surface area is 111 Å². The van der Waals surface area contributed by atoms with E-state index in [1.807, 2.05) is 52.2 Å². The number of benzene rings is 1. The monoisotopic (exact) mass is 298 g/mol. The molecule has 0 atom stereocenters. The van der Waals surface area contributed by atoms with Crippen LogP contribution in [0.5, 0.6) is 0 Å². The van der Waals surface area contributed by atoms with Gasteiger partial charge in [0.15, 0.2) is 0 Å². The van der Waals surface area contributed by atoms with Gasteiger partial charge in [-0.25, -0.2) is 0 Å². The maximum atomic E-state index is 11.7. The van der Waals surface area contributed by atoms with Crippen molar-refractivity contribution in [2.24, 2.45) is 0 Å². The van der Waals surface area contributed by atoms with Crippen LogP contribution in [0.3, 0.4) is 0 Å². The third-order valence-corrected chi connectivity index (χ3v) is 2.61. The van der Waals surface area contributed by atoms with Crippen molar-refractivity contribution in [2.75, 3.05) is 19.4 Å². The van der Waals surface area contributed by atoms with Gasteiger partial charge in [-0.1, -0.05) is 28.1 Å². The van der Waals surface area contributed by atoms with E-state index in [9.17, 15) is 4.79 Å². The highest BCUT2D eigenvalue weighted by molar-refractivity contribution is 9.10. The molecule has 1 N–H and O–H groups in total. The van der Waals surface area contributed by atoms with Crippen LogP contribution < -0.4 is 5.32 Å². The van der Waals surface area contributed by atoms with Gasteiger partial charge in [-0.05, 0) is 45.6 Å². The first kappa shape index (κ1) is 14.2. The number of amides is 1. The molecule has 0 spiro atoms. The second-order valence-corrected chi connectivity index (χ2v) is 6.84. The molecule has 0 aliphatic rings. The van der Waals surface area contributed by atoms with Crippen LogP contribution in [-0.2, 0) is 11.3 Å². The van der Waals surface area contributed by atoms with Crippen molar-refractivity contribution in [3.05, 3.63) is 29.8 Å². The average molecular weight is 299 g/mol. The summed E-state index contributed by atoms with van der Waals surface area (Å²) in [5.74, 6) is -0.0436. The number of carbonyl (C=O) groups excluding carboxylic acids is 1. The number of halogens is 1. The number of hydrogen-bond donors (Lipinski definition) is 1. The van der Waals surface area contributed by atoms with Gasteiger partial charge >= 0.3 is 0 Å². The molecule has 0 bridgehead atoms. The number of hydrogen-bond acceptors (Lipinski definition) is 2. The van der Waals surface area contributed by atoms with Gasteiger partial charge in [-0.15, -0.1) is 0 Å². The molecule has 94 valence electrons. The number of nitrogens with one attached hydrogen (secondary N) is 1. The van der Waals surface area contributed by atoms with Crippen LogP contribution in [0.2, 0.25) is 0 Å². The van der Waals surface area contributed by atoms with Gasteiger partial charge in [0.25, 0.3) is 0 Å². The molecule has 0 aliphatic carbocycles. The van der Waals surface area contributed by atoms with Gasteiger partial charge in [0.05, 0.1) is 4.32 Å². The molecule has 1 aromatic rings. The van der Waals surface area contributed by atoms with Crippen molar-refractivity contribution in [3.63, 3.8) is 0 Å². The molecule has 0 aromatic heterocycles. The van der Waals surface area contributed by atoms with Crippen LogP contribution in [0.4, 0.5) is 5.69 Å². The molecular formula is C13H19BrN2O. The molecule has 1 aromatic carbocycles. The van der Waals surface area contributed by atoms with E-state index in [1.165, 1.54) is 5.56 Å². The number of anilines is 1. The topological polar surface area (TPSA) is 32.3 Å². The maximum Gasteiger partial charge on any atom is 0.240 e. The van der Waals surface area contributed by atoms with Gasteiger partial charge in [-0.2, -0.15) is 0 Å². The van der Waals surface area contributed by atoms with E-state index < -0.39 is 4.32 Å². The van der Waals surface area contributed by atoms with Crippen molar-refractivity contribution in [1.29, 1.82) is 0 Å². The van der Waals surface area contributed by atoms with Crippen LogP contribution in [0.1, 0.15) is 19.4 Å². The van der Waals surface area contributed by atoms with E-state index in [1.54, 1.807) is 0 Å². The Morgan fingerprint density at radius 1 is 1.29 bits per heavy atom. The summed E-state index contributed by atoms with van der Waals surface area (Å²) in [7, 11) is 4.06. The second kappa shape index (κ2) is 5.65. The zero-order valence-corrected chi connectivity index (χ0v) is 12.3. The van der Waals surface area contributed by atoms with E-state index in [2.05, 4.69) is 26.1 Å². The Morgan fingerprint density at radius 2 is 1.82 bits per heavy atom. The quantitative estimate of drug-likeness (QED) is 0.867. The molecule has 0 radical (unpaired) electrons. The first-order valence-corrected chi connectivity index (χ1v) is 6.32. The second-order valence-electron chi connectivity index (χ2n) is 4.86. The fourth-order valence-corrected chi connectivity index (χ4v) is 1.44. The molecule has 1 amide bonds. The van der Waals surface area contributed by atoms with Gasteiger partial charge in [0, 0.05) is 12.2 Å². The molecular weight excluding hydrogens is 280 g/mol. The van der Waals surface area contributed by atoms with Gasteiger partial charge in [-0.3, -0.25) is 4.79 Å². The van der Waals surface area contributed by atoms with Crippen LogP contribution >= 0.6 is 15.9 Å². The molecule has 0 heterocycles.